The molecular weight excluding hydrogens is 393 g/mol. The number of benzene rings is 1. The van der Waals surface area contributed by atoms with Crippen LogP contribution in [-0.4, -0.2) is 34.9 Å². The Morgan fingerprint density at radius 2 is 1.97 bits per heavy atom. The molecule has 29 heavy (non-hydrogen) atoms. The molecule has 0 atom stereocenters. The summed E-state index contributed by atoms with van der Waals surface area (Å²) in [5.74, 6) is -0.480. The normalized spacial score (nSPS) is 12.1. The van der Waals surface area contributed by atoms with E-state index in [1.165, 1.54) is 6.07 Å². The highest BCUT2D eigenvalue weighted by Gasteiger charge is 2.20. The molecular formula is C21H21ClFN5O. The number of aromatic nitrogens is 5. The minimum absolute atomic E-state index is 0.0355. The smallest absolute Gasteiger partial charge is 0.153 e. The maximum atomic E-state index is 13.7. The number of aryl methyl sites for hydroxylation is 2. The van der Waals surface area contributed by atoms with E-state index in [1.54, 1.807) is 43.0 Å². The van der Waals surface area contributed by atoms with E-state index in [2.05, 4.69) is 9.97 Å². The van der Waals surface area contributed by atoms with Crippen molar-refractivity contribution < 1.29 is 9.50 Å². The molecule has 6 nitrogen and oxygen atoms in total. The highest BCUT2D eigenvalue weighted by atomic mass is 35.5. The summed E-state index contributed by atoms with van der Waals surface area (Å²) in [5, 5.41) is 14.9. The average molecular weight is 414 g/mol. The molecule has 4 rings (SSSR count). The fourth-order valence-corrected chi connectivity index (χ4v) is 3.36. The van der Waals surface area contributed by atoms with Crippen molar-refractivity contribution in [3.63, 3.8) is 0 Å². The molecule has 3 aromatic heterocycles. The number of fused-ring (bicyclic) bond motifs is 1. The van der Waals surface area contributed by atoms with E-state index in [9.17, 15) is 9.50 Å². The van der Waals surface area contributed by atoms with Gasteiger partial charge in [0, 0.05) is 12.1 Å². The first kappa shape index (κ1) is 19.5. The van der Waals surface area contributed by atoms with Gasteiger partial charge in [-0.15, -0.1) is 0 Å². The number of aliphatic hydroxyl groups is 1. The van der Waals surface area contributed by atoms with Crippen LogP contribution in [0.25, 0.3) is 28.3 Å². The van der Waals surface area contributed by atoms with Crippen molar-refractivity contribution in [1.82, 2.24) is 24.1 Å². The lowest BCUT2D eigenvalue weighted by atomic mass is 10.1. The Balaban J connectivity index is 1.88. The maximum Gasteiger partial charge on any atom is 0.153 e. The summed E-state index contributed by atoms with van der Waals surface area (Å²) in [6.45, 7) is 6.01. The van der Waals surface area contributed by atoms with Gasteiger partial charge in [-0.1, -0.05) is 11.6 Å². The summed E-state index contributed by atoms with van der Waals surface area (Å²) < 4.78 is 17.4. The topological polar surface area (TPSA) is 68.2 Å². The van der Waals surface area contributed by atoms with E-state index in [0.717, 1.165) is 17.0 Å². The van der Waals surface area contributed by atoms with Crippen molar-refractivity contribution in [2.75, 3.05) is 0 Å². The SMILES string of the molecule is Cc1cnc2ccc(-c3c(-c4ccc(F)c(Cl)c4)ncn3CCC(C)(C)O)nn12. The predicted molar refractivity (Wildman–Crippen MR) is 110 cm³/mol. The second-order valence-corrected chi connectivity index (χ2v) is 8.12. The zero-order chi connectivity index (χ0) is 20.8. The lowest BCUT2D eigenvalue weighted by molar-refractivity contribution is 0.0663. The largest absolute Gasteiger partial charge is 0.390 e. The van der Waals surface area contributed by atoms with Crippen LogP contribution in [0.3, 0.4) is 0 Å². The molecule has 150 valence electrons. The van der Waals surface area contributed by atoms with Crippen molar-refractivity contribution in [1.29, 1.82) is 0 Å². The Morgan fingerprint density at radius 3 is 2.69 bits per heavy atom. The third kappa shape index (κ3) is 3.88. The Labute approximate surface area is 172 Å². The molecule has 0 fully saturated rings. The Bertz CT molecular complexity index is 1190. The zero-order valence-corrected chi connectivity index (χ0v) is 17.2. The lowest BCUT2D eigenvalue weighted by Gasteiger charge is -2.18. The molecule has 0 aliphatic rings. The standard InChI is InChI=1S/C21H21ClFN5O/c1-13-11-24-18-7-6-17(26-28(13)18)20-19(14-4-5-16(23)15(22)10-14)25-12-27(20)9-8-21(2,3)29/h4-7,10-12,29H,8-9H2,1-3H3. The zero-order valence-electron chi connectivity index (χ0n) is 16.4. The molecule has 1 aromatic carbocycles. The summed E-state index contributed by atoms with van der Waals surface area (Å²) in [4.78, 5) is 8.88. The summed E-state index contributed by atoms with van der Waals surface area (Å²) in [5.41, 5.74) is 3.65. The Kier molecular flexibility index (Phi) is 4.88. The molecule has 4 aromatic rings. The molecule has 1 N–H and O–H groups in total. The summed E-state index contributed by atoms with van der Waals surface area (Å²) in [6.07, 6.45) is 4.00. The first-order valence-corrected chi connectivity index (χ1v) is 9.65. The second-order valence-electron chi connectivity index (χ2n) is 7.71. The van der Waals surface area contributed by atoms with E-state index in [4.69, 9.17) is 16.7 Å². The maximum absolute atomic E-state index is 13.7. The molecule has 0 amide bonds. The van der Waals surface area contributed by atoms with Crippen molar-refractivity contribution in [3.8, 4) is 22.6 Å². The van der Waals surface area contributed by atoms with Crippen LogP contribution in [0.15, 0.2) is 42.9 Å². The van der Waals surface area contributed by atoms with Gasteiger partial charge < -0.3 is 9.67 Å². The van der Waals surface area contributed by atoms with E-state index < -0.39 is 11.4 Å². The minimum atomic E-state index is -0.820. The van der Waals surface area contributed by atoms with Gasteiger partial charge in [0.05, 0.1) is 40.2 Å². The molecule has 0 bridgehead atoms. The molecule has 0 saturated carbocycles. The van der Waals surface area contributed by atoms with Gasteiger partial charge in [0.25, 0.3) is 0 Å². The van der Waals surface area contributed by atoms with Gasteiger partial charge in [0.1, 0.15) is 11.5 Å². The van der Waals surface area contributed by atoms with Crippen LogP contribution >= 0.6 is 11.6 Å². The van der Waals surface area contributed by atoms with Gasteiger partial charge in [-0.05, 0) is 57.5 Å². The molecule has 8 heteroatoms. The second kappa shape index (κ2) is 7.24. The van der Waals surface area contributed by atoms with E-state index >= 15 is 0 Å². The third-order valence-electron chi connectivity index (χ3n) is 4.77. The lowest BCUT2D eigenvalue weighted by Crippen LogP contribution is -2.21. The first-order valence-electron chi connectivity index (χ1n) is 9.27. The third-order valence-corrected chi connectivity index (χ3v) is 5.06. The van der Waals surface area contributed by atoms with Gasteiger partial charge in [-0.25, -0.2) is 18.9 Å². The number of halogens is 2. The number of imidazole rings is 2. The highest BCUT2D eigenvalue weighted by molar-refractivity contribution is 6.31. The molecule has 0 saturated heterocycles. The predicted octanol–water partition coefficient (Wildman–Crippen LogP) is 4.52. The molecule has 3 heterocycles. The number of nitrogens with zero attached hydrogens (tertiary/aromatic N) is 5. The summed E-state index contributed by atoms with van der Waals surface area (Å²) in [6, 6.07) is 8.31. The number of hydrogen-bond acceptors (Lipinski definition) is 4. The molecule has 0 spiro atoms. The van der Waals surface area contributed by atoms with Gasteiger partial charge in [0.2, 0.25) is 0 Å². The average Bonchev–Trinajstić information content (AvgIpc) is 3.25. The quantitative estimate of drug-likeness (QED) is 0.522. The van der Waals surface area contributed by atoms with Crippen LogP contribution in [-0.2, 0) is 6.54 Å². The Hall–Kier alpha value is -2.77. The molecule has 0 aliphatic heterocycles. The van der Waals surface area contributed by atoms with E-state index in [-0.39, 0.29) is 5.02 Å². The number of hydrogen-bond donors (Lipinski definition) is 1. The van der Waals surface area contributed by atoms with Gasteiger partial charge in [-0.2, -0.15) is 5.10 Å². The van der Waals surface area contributed by atoms with Crippen LogP contribution in [0.1, 0.15) is 26.0 Å². The van der Waals surface area contributed by atoms with E-state index in [0.29, 0.717) is 29.9 Å². The van der Waals surface area contributed by atoms with Crippen LogP contribution < -0.4 is 0 Å². The van der Waals surface area contributed by atoms with Gasteiger partial charge in [-0.3, -0.25) is 0 Å². The van der Waals surface area contributed by atoms with Gasteiger partial charge >= 0.3 is 0 Å². The number of rotatable bonds is 5. The molecule has 0 aliphatic carbocycles. The van der Waals surface area contributed by atoms with Gasteiger partial charge in [0.15, 0.2) is 5.65 Å². The summed E-state index contributed by atoms with van der Waals surface area (Å²) in [7, 11) is 0. The first-order chi connectivity index (χ1) is 13.7. The van der Waals surface area contributed by atoms with Crippen molar-refractivity contribution in [3.05, 3.63) is 59.4 Å². The van der Waals surface area contributed by atoms with Crippen molar-refractivity contribution >= 4 is 17.2 Å². The fraction of sp³-hybridized carbons (Fsp3) is 0.286. The summed E-state index contributed by atoms with van der Waals surface area (Å²) >= 11 is 6.00. The minimum Gasteiger partial charge on any atom is -0.390 e. The van der Waals surface area contributed by atoms with Crippen LogP contribution in [0.4, 0.5) is 4.39 Å². The van der Waals surface area contributed by atoms with Crippen molar-refractivity contribution in [2.45, 2.75) is 39.3 Å². The molecule has 0 radical (unpaired) electrons. The fourth-order valence-electron chi connectivity index (χ4n) is 3.18. The monoisotopic (exact) mass is 413 g/mol. The van der Waals surface area contributed by atoms with Crippen LogP contribution in [0.5, 0.6) is 0 Å². The molecule has 0 unspecified atom stereocenters. The van der Waals surface area contributed by atoms with Crippen molar-refractivity contribution in [2.24, 2.45) is 0 Å². The highest BCUT2D eigenvalue weighted by Crippen LogP contribution is 2.33. The van der Waals surface area contributed by atoms with E-state index in [1.807, 2.05) is 23.6 Å². The van der Waals surface area contributed by atoms with Crippen LogP contribution in [0, 0.1) is 12.7 Å². The Morgan fingerprint density at radius 1 is 1.17 bits per heavy atom. The van der Waals surface area contributed by atoms with Crippen LogP contribution in [0.2, 0.25) is 5.02 Å².